The second kappa shape index (κ2) is 6.14. The Morgan fingerprint density at radius 2 is 2.37 bits per heavy atom. The maximum atomic E-state index is 11.9. The van der Waals surface area contributed by atoms with Gasteiger partial charge in [-0.05, 0) is 41.4 Å². The van der Waals surface area contributed by atoms with E-state index in [0.29, 0.717) is 18.7 Å². The number of pyridine rings is 1. The maximum absolute atomic E-state index is 11.9. The van der Waals surface area contributed by atoms with Gasteiger partial charge >= 0.3 is 0 Å². The lowest BCUT2D eigenvalue weighted by Gasteiger charge is -2.21. The van der Waals surface area contributed by atoms with Gasteiger partial charge in [0.1, 0.15) is 5.69 Å². The average Bonchev–Trinajstić information content (AvgIpc) is 2.75. The average molecular weight is 326 g/mol. The fourth-order valence-corrected chi connectivity index (χ4v) is 2.32. The molecule has 0 radical (unpaired) electrons. The van der Waals surface area contributed by atoms with Gasteiger partial charge in [0.2, 0.25) is 5.91 Å². The third kappa shape index (κ3) is 3.76. The first-order valence-corrected chi connectivity index (χ1v) is 7.06. The van der Waals surface area contributed by atoms with E-state index in [1.54, 1.807) is 23.2 Å². The van der Waals surface area contributed by atoms with Crippen LogP contribution >= 0.6 is 15.9 Å². The Morgan fingerprint density at radius 1 is 1.58 bits per heavy atom. The van der Waals surface area contributed by atoms with E-state index in [2.05, 4.69) is 26.2 Å². The van der Waals surface area contributed by atoms with Crippen LogP contribution in [-0.2, 0) is 4.79 Å². The van der Waals surface area contributed by atoms with E-state index in [9.17, 15) is 9.59 Å². The van der Waals surface area contributed by atoms with Gasteiger partial charge in [-0.3, -0.25) is 9.59 Å². The van der Waals surface area contributed by atoms with E-state index in [1.165, 1.54) is 0 Å². The molecule has 1 aromatic heterocycles. The number of rotatable bonds is 4. The first-order chi connectivity index (χ1) is 9.06. The molecule has 2 rings (SSSR count). The molecule has 102 valence electrons. The van der Waals surface area contributed by atoms with Gasteiger partial charge in [-0.15, -0.1) is 0 Å². The van der Waals surface area contributed by atoms with E-state index < -0.39 is 0 Å². The predicted octanol–water partition coefficient (Wildman–Crippen LogP) is 1.58. The summed E-state index contributed by atoms with van der Waals surface area (Å²) in [6.07, 6.45) is 3.12. The van der Waals surface area contributed by atoms with Crippen LogP contribution in [0.15, 0.2) is 22.8 Å². The quantitative estimate of drug-likeness (QED) is 0.914. The molecule has 2 heterocycles. The van der Waals surface area contributed by atoms with Crippen molar-refractivity contribution in [3.8, 4) is 0 Å². The Kier molecular flexibility index (Phi) is 4.52. The molecule has 0 aliphatic carbocycles. The SMILES string of the molecule is CC(CN1CCCC1=O)NC(=O)c1ccc(Br)cn1. The summed E-state index contributed by atoms with van der Waals surface area (Å²) in [5, 5.41) is 2.85. The highest BCUT2D eigenvalue weighted by molar-refractivity contribution is 9.10. The summed E-state index contributed by atoms with van der Waals surface area (Å²) < 4.78 is 0.833. The fraction of sp³-hybridized carbons (Fsp3) is 0.462. The molecule has 1 unspecified atom stereocenters. The van der Waals surface area contributed by atoms with Crippen molar-refractivity contribution < 1.29 is 9.59 Å². The summed E-state index contributed by atoms with van der Waals surface area (Å²) in [6, 6.07) is 3.35. The highest BCUT2D eigenvalue weighted by Crippen LogP contribution is 2.10. The van der Waals surface area contributed by atoms with Gasteiger partial charge in [-0.2, -0.15) is 0 Å². The summed E-state index contributed by atoms with van der Waals surface area (Å²) in [4.78, 5) is 29.3. The van der Waals surface area contributed by atoms with Crippen LogP contribution < -0.4 is 5.32 Å². The van der Waals surface area contributed by atoms with Gasteiger partial charge in [0.25, 0.3) is 5.91 Å². The molecule has 0 saturated carbocycles. The molecule has 0 spiro atoms. The molecule has 1 aromatic rings. The van der Waals surface area contributed by atoms with E-state index in [4.69, 9.17) is 0 Å². The minimum atomic E-state index is -0.216. The standard InChI is InChI=1S/C13H16BrN3O2/c1-9(8-17-6-2-3-12(17)18)16-13(19)11-5-4-10(14)7-15-11/h4-5,7,9H,2-3,6,8H2,1H3,(H,16,19). The van der Waals surface area contributed by atoms with Crippen LogP contribution in [-0.4, -0.2) is 40.8 Å². The Hall–Kier alpha value is -1.43. The second-order valence-electron chi connectivity index (χ2n) is 4.68. The molecule has 1 N–H and O–H groups in total. The summed E-state index contributed by atoms with van der Waals surface area (Å²) in [6.45, 7) is 3.24. The number of nitrogens with zero attached hydrogens (tertiary/aromatic N) is 2. The number of likely N-dealkylation sites (tertiary alicyclic amines) is 1. The third-order valence-corrected chi connectivity index (χ3v) is 3.47. The summed E-state index contributed by atoms with van der Waals surface area (Å²) in [7, 11) is 0. The van der Waals surface area contributed by atoms with Crippen LogP contribution in [0.3, 0.4) is 0 Å². The Morgan fingerprint density at radius 3 is 2.95 bits per heavy atom. The van der Waals surface area contributed by atoms with Crippen LogP contribution in [0.2, 0.25) is 0 Å². The van der Waals surface area contributed by atoms with Gasteiger partial charge < -0.3 is 10.2 Å². The van der Waals surface area contributed by atoms with E-state index >= 15 is 0 Å². The molecular formula is C13H16BrN3O2. The van der Waals surface area contributed by atoms with Crippen LogP contribution in [0.5, 0.6) is 0 Å². The van der Waals surface area contributed by atoms with Gasteiger partial charge in [0, 0.05) is 36.2 Å². The zero-order valence-corrected chi connectivity index (χ0v) is 12.3. The maximum Gasteiger partial charge on any atom is 0.270 e. The Balaban J connectivity index is 1.87. The van der Waals surface area contributed by atoms with Crippen molar-refractivity contribution in [3.63, 3.8) is 0 Å². The van der Waals surface area contributed by atoms with Crippen molar-refractivity contribution >= 4 is 27.7 Å². The highest BCUT2D eigenvalue weighted by atomic mass is 79.9. The number of halogens is 1. The summed E-state index contributed by atoms with van der Waals surface area (Å²) >= 11 is 3.27. The number of aromatic nitrogens is 1. The number of nitrogens with one attached hydrogen (secondary N) is 1. The van der Waals surface area contributed by atoms with Crippen molar-refractivity contribution in [2.45, 2.75) is 25.8 Å². The zero-order valence-electron chi connectivity index (χ0n) is 10.7. The van der Waals surface area contributed by atoms with Crippen LogP contribution in [0, 0.1) is 0 Å². The smallest absolute Gasteiger partial charge is 0.270 e. The molecule has 6 heteroatoms. The second-order valence-corrected chi connectivity index (χ2v) is 5.60. The fourth-order valence-electron chi connectivity index (χ4n) is 2.08. The lowest BCUT2D eigenvalue weighted by Crippen LogP contribution is -2.42. The highest BCUT2D eigenvalue weighted by Gasteiger charge is 2.22. The van der Waals surface area contributed by atoms with Crippen molar-refractivity contribution in [3.05, 3.63) is 28.5 Å². The molecule has 19 heavy (non-hydrogen) atoms. The third-order valence-electron chi connectivity index (χ3n) is 3.00. The van der Waals surface area contributed by atoms with Crippen molar-refractivity contribution in [2.24, 2.45) is 0 Å². The Bertz CT molecular complexity index is 475. The zero-order chi connectivity index (χ0) is 13.8. The van der Waals surface area contributed by atoms with Crippen LogP contribution in [0.1, 0.15) is 30.3 Å². The molecule has 1 aliphatic rings. The molecule has 1 aliphatic heterocycles. The topological polar surface area (TPSA) is 62.3 Å². The van der Waals surface area contributed by atoms with E-state index in [-0.39, 0.29) is 17.9 Å². The lowest BCUT2D eigenvalue weighted by atomic mass is 10.2. The first kappa shape index (κ1) is 14.0. The molecule has 5 nitrogen and oxygen atoms in total. The number of hydrogen-bond donors (Lipinski definition) is 1. The first-order valence-electron chi connectivity index (χ1n) is 6.26. The number of carbonyl (C=O) groups is 2. The van der Waals surface area contributed by atoms with Gasteiger partial charge in [-0.1, -0.05) is 0 Å². The van der Waals surface area contributed by atoms with E-state index in [1.807, 2.05) is 6.92 Å². The van der Waals surface area contributed by atoms with Crippen LogP contribution in [0.4, 0.5) is 0 Å². The summed E-state index contributed by atoms with van der Waals surface area (Å²) in [5.74, 6) is -0.0467. The normalized spacial score (nSPS) is 16.5. The van der Waals surface area contributed by atoms with Crippen molar-refractivity contribution in [2.75, 3.05) is 13.1 Å². The molecule has 2 amide bonds. The molecule has 0 aromatic carbocycles. The number of hydrogen-bond acceptors (Lipinski definition) is 3. The monoisotopic (exact) mass is 325 g/mol. The predicted molar refractivity (Wildman–Crippen MR) is 74.7 cm³/mol. The van der Waals surface area contributed by atoms with Crippen LogP contribution in [0.25, 0.3) is 0 Å². The largest absolute Gasteiger partial charge is 0.346 e. The lowest BCUT2D eigenvalue weighted by molar-refractivity contribution is -0.127. The van der Waals surface area contributed by atoms with E-state index in [0.717, 1.165) is 17.4 Å². The minimum Gasteiger partial charge on any atom is -0.346 e. The number of amides is 2. The Labute approximate surface area is 120 Å². The van der Waals surface area contributed by atoms with Crippen molar-refractivity contribution in [1.29, 1.82) is 0 Å². The molecule has 1 atom stereocenters. The number of carbonyl (C=O) groups excluding carboxylic acids is 2. The van der Waals surface area contributed by atoms with Gasteiger partial charge in [-0.25, -0.2) is 4.98 Å². The van der Waals surface area contributed by atoms with Crippen molar-refractivity contribution in [1.82, 2.24) is 15.2 Å². The van der Waals surface area contributed by atoms with Gasteiger partial charge in [0.05, 0.1) is 0 Å². The molecular weight excluding hydrogens is 310 g/mol. The van der Waals surface area contributed by atoms with Gasteiger partial charge in [0.15, 0.2) is 0 Å². The molecule has 1 fully saturated rings. The molecule has 0 bridgehead atoms. The molecule has 1 saturated heterocycles. The summed E-state index contributed by atoms with van der Waals surface area (Å²) in [5.41, 5.74) is 0.378. The minimum absolute atomic E-state index is 0.0833.